The van der Waals surface area contributed by atoms with Crippen molar-refractivity contribution in [2.24, 2.45) is 0 Å². The normalized spacial score (nSPS) is 13.7. The number of hydrogen-bond acceptors (Lipinski definition) is 12. The molecule has 0 aliphatic carbocycles. The van der Waals surface area contributed by atoms with E-state index in [1.54, 1.807) is 0 Å². The Balaban J connectivity index is 5.64. The number of hydrogen-bond donors (Lipinski definition) is 0. The van der Waals surface area contributed by atoms with E-state index in [1.165, 1.54) is 64.0 Å². The summed E-state index contributed by atoms with van der Waals surface area (Å²) in [5, 5.41) is 0. The van der Waals surface area contributed by atoms with E-state index in [0.717, 1.165) is 0 Å². The minimum Gasteiger partial charge on any atom is -0.355 e. The second-order valence-corrected chi connectivity index (χ2v) is 14.1. The lowest BCUT2D eigenvalue weighted by Crippen LogP contribution is -2.61. The fourth-order valence-corrected chi connectivity index (χ4v) is 11.3. The van der Waals surface area contributed by atoms with Crippen LogP contribution < -0.4 is 0 Å². The van der Waals surface area contributed by atoms with Crippen molar-refractivity contribution < 1.29 is 52.2 Å². The van der Waals surface area contributed by atoms with Gasteiger partial charge in [-0.2, -0.15) is 0 Å². The maximum absolute atomic E-state index is 5.76. The summed E-state index contributed by atoms with van der Waals surface area (Å²) in [7, 11) is -1.51. The van der Waals surface area contributed by atoms with Gasteiger partial charge in [0.05, 0.1) is 0 Å². The molecule has 0 saturated carbocycles. The summed E-state index contributed by atoms with van der Waals surface area (Å²) < 4.78 is 64.4. The Labute approximate surface area is 153 Å². The van der Waals surface area contributed by atoms with Crippen molar-refractivity contribution in [1.29, 1.82) is 0 Å². The van der Waals surface area contributed by atoms with Gasteiger partial charge >= 0.3 is 36.7 Å². The molecule has 0 radical (unpaired) electrons. The SMILES string of the molecule is CO[Si](OC)(OC)O[SiH](O[Si](OC)(OC)OC)O[Si](OC)(OC)OC. The molecule has 0 N–H and O–H groups in total. The molecular weight excluding hydrogens is 412 g/mol. The van der Waals surface area contributed by atoms with Crippen LogP contribution in [0.1, 0.15) is 0 Å². The standard InChI is InChI=1S/C9H28O12Si4/c1-10-23(11-2,12-3)19-22(20-24(13-4,14-5)15-6)21-25(16-7,17-8)18-9/h22H,1-9H3. The van der Waals surface area contributed by atoms with Crippen molar-refractivity contribution >= 4 is 36.7 Å². The van der Waals surface area contributed by atoms with Crippen molar-refractivity contribution in [1.82, 2.24) is 0 Å². The van der Waals surface area contributed by atoms with Crippen LogP contribution in [0.4, 0.5) is 0 Å². The van der Waals surface area contributed by atoms with Crippen LogP contribution in [-0.2, 0) is 52.2 Å². The van der Waals surface area contributed by atoms with Gasteiger partial charge in [-0.25, -0.2) is 0 Å². The summed E-state index contributed by atoms with van der Waals surface area (Å²) in [6, 6.07) is 0. The third kappa shape index (κ3) is 6.80. The molecule has 0 unspecified atom stereocenters. The second-order valence-electron chi connectivity index (χ2n) is 3.98. The fraction of sp³-hybridized carbons (Fsp3) is 1.00. The highest BCUT2D eigenvalue weighted by Crippen LogP contribution is 2.20. The Bertz CT molecular complexity index is 274. The summed E-state index contributed by atoms with van der Waals surface area (Å²) in [5.74, 6) is 0. The van der Waals surface area contributed by atoms with E-state index < -0.39 is 36.7 Å². The van der Waals surface area contributed by atoms with E-state index in [4.69, 9.17) is 52.2 Å². The summed E-state index contributed by atoms with van der Waals surface area (Å²) in [4.78, 5) is 0. The predicted molar refractivity (Wildman–Crippen MR) is 90.7 cm³/mol. The van der Waals surface area contributed by atoms with Crippen LogP contribution in [0.15, 0.2) is 0 Å². The lowest BCUT2D eigenvalue weighted by atomic mass is 11.8. The Morgan fingerprint density at radius 3 is 0.640 bits per heavy atom. The zero-order valence-electron chi connectivity index (χ0n) is 16.0. The predicted octanol–water partition coefficient (Wildman–Crippen LogP) is -1.12. The molecule has 25 heavy (non-hydrogen) atoms. The van der Waals surface area contributed by atoms with Crippen LogP contribution >= 0.6 is 0 Å². The summed E-state index contributed by atoms with van der Waals surface area (Å²) >= 11 is 0. The van der Waals surface area contributed by atoms with Crippen LogP contribution in [0, 0.1) is 0 Å². The summed E-state index contributed by atoms with van der Waals surface area (Å²) in [5.41, 5.74) is 0. The first-order valence-electron chi connectivity index (χ1n) is 6.83. The van der Waals surface area contributed by atoms with Gasteiger partial charge in [0.2, 0.25) is 0 Å². The van der Waals surface area contributed by atoms with Crippen LogP contribution in [0.5, 0.6) is 0 Å². The average Bonchev–Trinajstić information content (AvgIpc) is 2.68. The molecule has 0 atom stereocenters. The maximum atomic E-state index is 5.76. The number of rotatable bonds is 15. The van der Waals surface area contributed by atoms with E-state index >= 15 is 0 Å². The molecule has 0 aliphatic heterocycles. The van der Waals surface area contributed by atoms with Gasteiger partial charge in [0, 0.05) is 64.0 Å². The molecule has 16 heteroatoms. The van der Waals surface area contributed by atoms with Gasteiger partial charge in [0.25, 0.3) is 0 Å². The first-order valence-corrected chi connectivity index (χ1v) is 13.1. The smallest absolute Gasteiger partial charge is 0.355 e. The Hall–Kier alpha value is 0.388. The van der Waals surface area contributed by atoms with Crippen molar-refractivity contribution in [3.05, 3.63) is 0 Å². The van der Waals surface area contributed by atoms with Gasteiger partial charge in [-0.15, -0.1) is 0 Å². The third-order valence-electron chi connectivity index (χ3n) is 2.97. The Morgan fingerprint density at radius 1 is 0.360 bits per heavy atom. The van der Waals surface area contributed by atoms with Crippen molar-refractivity contribution in [3.8, 4) is 0 Å². The van der Waals surface area contributed by atoms with Gasteiger partial charge in [0.1, 0.15) is 0 Å². The lowest BCUT2D eigenvalue weighted by molar-refractivity contribution is -0.0132. The first-order chi connectivity index (χ1) is 11.8. The zero-order valence-corrected chi connectivity index (χ0v) is 20.1. The van der Waals surface area contributed by atoms with Crippen molar-refractivity contribution in [2.75, 3.05) is 64.0 Å². The molecule has 0 saturated heterocycles. The van der Waals surface area contributed by atoms with Crippen LogP contribution in [0.25, 0.3) is 0 Å². The summed E-state index contributed by atoms with van der Waals surface area (Å²) in [6.07, 6.45) is 0. The average molecular weight is 441 g/mol. The summed E-state index contributed by atoms with van der Waals surface area (Å²) in [6.45, 7) is 0. The zero-order chi connectivity index (χ0) is 19.6. The van der Waals surface area contributed by atoms with Crippen LogP contribution in [0.3, 0.4) is 0 Å². The molecule has 0 aromatic heterocycles. The molecule has 152 valence electrons. The highest BCUT2D eigenvalue weighted by atomic mass is 28.5. The van der Waals surface area contributed by atoms with Crippen LogP contribution in [-0.4, -0.2) is 101 Å². The highest BCUT2D eigenvalue weighted by molar-refractivity contribution is 6.72. The van der Waals surface area contributed by atoms with Crippen LogP contribution in [0.2, 0.25) is 0 Å². The van der Waals surface area contributed by atoms with Gasteiger partial charge < -0.3 is 52.2 Å². The Kier molecular flexibility index (Phi) is 12.2. The second kappa shape index (κ2) is 12.0. The minimum absolute atomic E-state index is 1.37. The van der Waals surface area contributed by atoms with Gasteiger partial charge in [-0.3, -0.25) is 0 Å². The molecule has 0 spiro atoms. The molecule has 0 aromatic rings. The van der Waals surface area contributed by atoms with E-state index in [1.807, 2.05) is 0 Å². The monoisotopic (exact) mass is 440 g/mol. The molecule has 12 nitrogen and oxygen atoms in total. The molecule has 0 heterocycles. The molecular formula is C9H28O12Si4. The maximum Gasteiger partial charge on any atom is 0.671 e. The van der Waals surface area contributed by atoms with E-state index in [-0.39, 0.29) is 0 Å². The molecule has 0 aromatic carbocycles. The lowest BCUT2D eigenvalue weighted by Gasteiger charge is -2.34. The van der Waals surface area contributed by atoms with Crippen molar-refractivity contribution in [3.63, 3.8) is 0 Å². The largest absolute Gasteiger partial charge is 0.671 e. The van der Waals surface area contributed by atoms with Gasteiger partial charge in [-0.1, -0.05) is 0 Å². The van der Waals surface area contributed by atoms with Gasteiger partial charge in [0.15, 0.2) is 0 Å². The van der Waals surface area contributed by atoms with Crippen molar-refractivity contribution in [2.45, 2.75) is 0 Å². The molecule has 0 fully saturated rings. The quantitative estimate of drug-likeness (QED) is 0.287. The Morgan fingerprint density at radius 2 is 0.520 bits per heavy atom. The molecule has 0 amide bonds. The topological polar surface area (TPSA) is 111 Å². The minimum atomic E-state index is -3.53. The van der Waals surface area contributed by atoms with Gasteiger partial charge in [-0.05, 0) is 0 Å². The first kappa shape index (κ1) is 25.4. The molecule has 0 rings (SSSR count). The molecule has 0 aliphatic rings. The fourth-order valence-electron chi connectivity index (χ4n) is 1.61. The molecule has 0 bridgehead atoms. The third-order valence-corrected chi connectivity index (χ3v) is 13.2. The van der Waals surface area contributed by atoms with E-state index in [0.29, 0.717) is 0 Å². The van der Waals surface area contributed by atoms with E-state index in [2.05, 4.69) is 0 Å². The van der Waals surface area contributed by atoms with E-state index in [9.17, 15) is 0 Å². The highest BCUT2D eigenvalue weighted by Gasteiger charge is 2.56.